The third-order valence-electron chi connectivity index (χ3n) is 5.36. The van der Waals surface area contributed by atoms with Crippen LogP contribution in [-0.2, 0) is 13.9 Å². The van der Waals surface area contributed by atoms with Gasteiger partial charge in [-0.15, -0.1) is 6.42 Å². The van der Waals surface area contributed by atoms with E-state index in [0.29, 0.717) is 12.0 Å². The number of nitrogens with zero attached hydrogens (tertiary/aromatic N) is 1. The Labute approximate surface area is 161 Å². The summed E-state index contributed by atoms with van der Waals surface area (Å²) in [5.74, 6) is 2.44. The van der Waals surface area contributed by atoms with Gasteiger partial charge in [-0.3, -0.25) is 14.3 Å². The number of ether oxygens (including phenoxy) is 2. The Hall–Kier alpha value is -1.66. The molecular weight excluding hydrogens is 364 g/mol. The Morgan fingerprint density at radius 3 is 2.67 bits per heavy atom. The molecular formula is C19H30N2O5Si. The number of H-pyrrole nitrogens is 1. The van der Waals surface area contributed by atoms with Crippen molar-refractivity contribution < 1.29 is 13.9 Å². The minimum absolute atomic E-state index is 0.0424. The summed E-state index contributed by atoms with van der Waals surface area (Å²) in [6.07, 6.45) is 6.21. The van der Waals surface area contributed by atoms with Crippen LogP contribution in [0, 0.1) is 19.3 Å². The second-order valence-corrected chi connectivity index (χ2v) is 13.2. The molecule has 0 aromatic carbocycles. The largest absolute Gasteiger partial charge is 0.411 e. The van der Waals surface area contributed by atoms with Crippen LogP contribution in [0.2, 0.25) is 18.1 Å². The molecule has 3 atom stereocenters. The smallest absolute Gasteiger partial charge is 0.330 e. The van der Waals surface area contributed by atoms with Crippen LogP contribution in [0.5, 0.6) is 0 Å². The van der Waals surface area contributed by atoms with Gasteiger partial charge in [-0.1, -0.05) is 26.7 Å². The van der Waals surface area contributed by atoms with E-state index in [1.165, 1.54) is 10.8 Å². The fraction of sp³-hybridized carbons (Fsp3) is 0.684. The van der Waals surface area contributed by atoms with E-state index in [2.05, 4.69) is 44.8 Å². The van der Waals surface area contributed by atoms with Crippen LogP contribution in [0.1, 0.15) is 39.0 Å². The lowest BCUT2D eigenvalue weighted by Crippen LogP contribution is -2.46. The molecule has 1 N–H and O–H groups in total. The maximum Gasteiger partial charge on any atom is 0.330 e. The lowest BCUT2D eigenvalue weighted by Gasteiger charge is -2.39. The van der Waals surface area contributed by atoms with Gasteiger partial charge in [0.05, 0.1) is 12.7 Å². The fourth-order valence-corrected chi connectivity index (χ4v) is 4.09. The lowest BCUT2D eigenvalue weighted by molar-refractivity contribution is -0.0569. The summed E-state index contributed by atoms with van der Waals surface area (Å²) in [4.78, 5) is 26.2. The number of aromatic nitrogens is 2. The molecule has 1 aliphatic heterocycles. The zero-order valence-electron chi connectivity index (χ0n) is 17.0. The summed E-state index contributed by atoms with van der Waals surface area (Å²) in [6, 6.07) is 0. The van der Waals surface area contributed by atoms with E-state index in [1.54, 1.807) is 6.92 Å². The molecule has 7 nitrogen and oxygen atoms in total. The molecule has 0 saturated carbocycles. The topological polar surface area (TPSA) is 82.5 Å². The van der Waals surface area contributed by atoms with Crippen molar-refractivity contribution in [3.63, 3.8) is 0 Å². The van der Waals surface area contributed by atoms with Crippen molar-refractivity contribution >= 4 is 8.32 Å². The Morgan fingerprint density at radius 1 is 1.41 bits per heavy atom. The molecule has 1 aromatic rings. The zero-order chi connectivity index (χ0) is 20.4. The monoisotopic (exact) mass is 394 g/mol. The Bertz CT molecular complexity index is 815. The van der Waals surface area contributed by atoms with Gasteiger partial charge in [-0.25, -0.2) is 4.79 Å². The van der Waals surface area contributed by atoms with E-state index in [4.69, 9.17) is 20.3 Å². The van der Waals surface area contributed by atoms with E-state index in [0.717, 1.165) is 0 Å². The number of hydrogen-bond acceptors (Lipinski definition) is 5. The molecule has 0 unspecified atom stereocenters. The molecule has 2 rings (SSSR count). The second kappa shape index (κ2) is 8.15. The van der Waals surface area contributed by atoms with Crippen molar-refractivity contribution in [3.05, 3.63) is 32.6 Å². The quantitative estimate of drug-likeness (QED) is 0.454. The molecule has 0 spiro atoms. The van der Waals surface area contributed by atoms with E-state index in [1.807, 2.05) is 0 Å². The van der Waals surface area contributed by atoms with Crippen LogP contribution in [0.3, 0.4) is 0 Å². The third-order valence-corrected chi connectivity index (χ3v) is 9.86. The molecule has 0 radical (unpaired) electrons. The summed E-state index contributed by atoms with van der Waals surface area (Å²) in [5.41, 5.74) is -0.434. The fourth-order valence-electron chi connectivity index (χ4n) is 2.73. The molecule has 1 saturated heterocycles. The molecule has 8 heteroatoms. The van der Waals surface area contributed by atoms with Gasteiger partial charge in [0.15, 0.2) is 8.32 Å². The first-order valence-electron chi connectivity index (χ1n) is 9.13. The minimum atomic E-state index is -2.04. The standard InChI is InChI=1S/C19H30N2O5Si/c1-8-9-24-12-15-14(26-27(6,7)19(3,4)5)10-16(25-15)21-11-13(2)17(22)20-18(21)23/h1,11,14-16H,9-10,12H2,2-7H3,(H,20,22,23)/t14-,15+,16+/m0/s1. The van der Waals surface area contributed by atoms with Gasteiger partial charge in [-0.05, 0) is 25.1 Å². The number of aromatic amines is 1. The summed E-state index contributed by atoms with van der Waals surface area (Å²) in [7, 11) is -2.04. The number of nitrogens with one attached hydrogen (secondary N) is 1. The van der Waals surface area contributed by atoms with Gasteiger partial charge >= 0.3 is 5.69 Å². The molecule has 0 amide bonds. The van der Waals surface area contributed by atoms with E-state index in [9.17, 15) is 9.59 Å². The summed E-state index contributed by atoms with van der Waals surface area (Å²) in [6.45, 7) is 13.0. The second-order valence-electron chi connectivity index (χ2n) is 8.48. The average molecular weight is 395 g/mol. The van der Waals surface area contributed by atoms with Crippen LogP contribution < -0.4 is 11.2 Å². The summed E-state index contributed by atoms with van der Waals surface area (Å²) >= 11 is 0. The van der Waals surface area contributed by atoms with Crippen molar-refractivity contribution in [2.45, 2.75) is 70.7 Å². The first-order chi connectivity index (χ1) is 12.5. The first kappa shape index (κ1) is 21.6. The normalized spacial score (nSPS) is 23.4. The molecule has 27 heavy (non-hydrogen) atoms. The zero-order valence-corrected chi connectivity index (χ0v) is 18.0. The first-order valence-corrected chi connectivity index (χ1v) is 12.0. The number of hydrogen-bond donors (Lipinski definition) is 1. The highest BCUT2D eigenvalue weighted by Crippen LogP contribution is 2.40. The van der Waals surface area contributed by atoms with E-state index >= 15 is 0 Å². The molecule has 2 heterocycles. The van der Waals surface area contributed by atoms with Crippen LogP contribution in [-0.4, -0.2) is 43.3 Å². The lowest BCUT2D eigenvalue weighted by atomic mass is 10.2. The van der Waals surface area contributed by atoms with Crippen LogP contribution >= 0.6 is 0 Å². The van der Waals surface area contributed by atoms with Gasteiger partial charge in [0.1, 0.15) is 18.9 Å². The number of rotatable bonds is 6. The highest BCUT2D eigenvalue weighted by atomic mass is 28.4. The Balaban J connectivity index is 2.27. The average Bonchev–Trinajstić information content (AvgIpc) is 2.92. The molecule has 1 fully saturated rings. The maximum atomic E-state index is 12.2. The maximum absolute atomic E-state index is 12.2. The number of aryl methyl sites for hydroxylation is 1. The SMILES string of the molecule is C#CCOC[C@H]1O[C@@H](n2cc(C)c(=O)[nH]c2=O)C[C@@H]1O[Si](C)(C)C(C)(C)C. The van der Waals surface area contributed by atoms with Crippen molar-refractivity contribution in [2.75, 3.05) is 13.2 Å². The van der Waals surface area contributed by atoms with Crippen LogP contribution in [0.25, 0.3) is 0 Å². The van der Waals surface area contributed by atoms with Crippen molar-refractivity contribution in [1.82, 2.24) is 9.55 Å². The molecule has 1 aliphatic rings. The Morgan fingerprint density at radius 2 is 2.07 bits per heavy atom. The highest BCUT2D eigenvalue weighted by molar-refractivity contribution is 6.74. The molecule has 150 valence electrons. The molecule has 0 aliphatic carbocycles. The van der Waals surface area contributed by atoms with Gasteiger partial charge < -0.3 is 13.9 Å². The minimum Gasteiger partial charge on any atom is -0.411 e. The molecule has 0 bridgehead atoms. The number of terminal acetylenes is 1. The van der Waals surface area contributed by atoms with E-state index in [-0.39, 0.29) is 30.5 Å². The summed E-state index contributed by atoms with van der Waals surface area (Å²) in [5, 5.41) is 0.0424. The van der Waals surface area contributed by atoms with Crippen molar-refractivity contribution in [2.24, 2.45) is 0 Å². The van der Waals surface area contributed by atoms with Gasteiger partial charge in [0.2, 0.25) is 0 Å². The third kappa shape index (κ3) is 4.99. The summed E-state index contributed by atoms with van der Waals surface area (Å²) < 4.78 is 19.5. The van der Waals surface area contributed by atoms with E-state index < -0.39 is 25.8 Å². The van der Waals surface area contributed by atoms with Gasteiger partial charge in [-0.2, -0.15) is 0 Å². The van der Waals surface area contributed by atoms with Crippen molar-refractivity contribution in [3.8, 4) is 12.3 Å². The predicted octanol–water partition coefficient (Wildman–Crippen LogP) is 2.17. The van der Waals surface area contributed by atoms with Crippen molar-refractivity contribution in [1.29, 1.82) is 0 Å². The molecule has 1 aromatic heterocycles. The highest BCUT2D eigenvalue weighted by Gasteiger charge is 2.45. The predicted molar refractivity (Wildman–Crippen MR) is 106 cm³/mol. The van der Waals surface area contributed by atoms with Gasteiger partial charge in [0, 0.05) is 18.2 Å². The van der Waals surface area contributed by atoms with Gasteiger partial charge in [0.25, 0.3) is 5.56 Å². The van der Waals surface area contributed by atoms with Crippen LogP contribution in [0.15, 0.2) is 15.8 Å². The van der Waals surface area contributed by atoms with Crippen LogP contribution in [0.4, 0.5) is 0 Å². The Kier molecular flexibility index (Phi) is 6.53.